The molecule has 1 atom stereocenters. The standard InChI is InChI=1S/C5H9NOS/c1-4-2-7-5(3-8)6-4/h4,8H,2-3H2,1H3. The van der Waals surface area contributed by atoms with Gasteiger partial charge in [0.1, 0.15) is 6.61 Å². The summed E-state index contributed by atoms with van der Waals surface area (Å²) in [4.78, 5) is 4.12. The fourth-order valence-corrected chi connectivity index (χ4v) is 0.797. The van der Waals surface area contributed by atoms with Crippen LogP contribution in [0.4, 0.5) is 0 Å². The summed E-state index contributed by atoms with van der Waals surface area (Å²) in [5.41, 5.74) is 0. The van der Waals surface area contributed by atoms with Crippen molar-refractivity contribution in [2.24, 2.45) is 4.99 Å². The first kappa shape index (κ1) is 5.95. The number of hydrogen-bond donors (Lipinski definition) is 1. The molecular formula is C5H9NOS. The van der Waals surface area contributed by atoms with Crippen LogP contribution in [0.3, 0.4) is 0 Å². The topological polar surface area (TPSA) is 21.6 Å². The van der Waals surface area contributed by atoms with Gasteiger partial charge in [-0.25, -0.2) is 4.99 Å². The van der Waals surface area contributed by atoms with Gasteiger partial charge in [0.15, 0.2) is 5.90 Å². The molecule has 1 aliphatic heterocycles. The third kappa shape index (κ3) is 1.15. The van der Waals surface area contributed by atoms with Crippen LogP contribution in [-0.2, 0) is 4.74 Å². The van der Waals surface area contributed by atoms with Crippen molar-refractivity contribution in [3.8, 4) is 0 Å². The average molecular weight is 131 g/mol. The SMILES string of the molecule is CC1COC(CS)=N1. The van der Waals surface area contributed by atoms with Crippen LogP contribution >= 0.6 is 12.6 Å². The van der Waals surface area contributed by atoms with E-state index in [0.29, 0.717) is 11.8 Å². The molecule has 0 radical (unpaired) electrons. The molecule has 3 heteroatoms. The van der Waals surface area contributed by atoms with E-state index in [1.54, 1.807) is 0 Å². The predicted molar refractivity (Wildman–Crippen MR) is 36.7 cm³/mol. The quantitative estimate of drug-likeness (QED) is 0.521. The molecule has 1 rings (SSSR count). The van der Waals surface area contributed by atoms with Gasteiger partial charge in [-0.2, -0.15) is 12.6 Å². The third-order valence-corrected chi connectivity index (χ3v) is 1.26. The van der Waals surface area contributed by atoms with Crippen LogP contribution in [0.25, 0.3) is 0 Å². The van der Waals surface area contributed by atoms with Crippen LogP contribution in [0.2, 0.25) is 0 Å². The Morgan fingerprint density at radius 2 is 2.75 bits per heavy atom. The van der Waals surface area contributed by atoms with E-state index >= 15 is 0 Å². The van der Waals surface area contributed by atoms with E-state index in [2.05, 4.69) is 17.6 Å². The molecule has 0 fully saturated rings. The zero-order chi connectivity index (χ0) is 5.98. The van der Waals surface area contributed by atoms with Crippen molar-refractivity contribution in [2.45, 2.75) is 13.0 Å². The summed E-state index contributed by atoms with van der Waals surface area (Å²) in [6.07, 6.45) is 0. The molecule has 0 saturated heterocycles. The van der Waals surface area contributed by atoms with Crippen molar-refractivity contribution in [2.75, 3.05) is 12.4 Å². The molecule has 1 unspecified atom stereocenters. The molecule has 0 amide bonds. The molecule has 0 aromatic rings. The molecule has 0 aromatic carbocycles. The maximum Gasteiger partial charge on any atom is 0.193 e. The molecule has 8 heavy (non-hydrogen) atoms. The number of rotatable bonds is 1. The Balaban J connectivity index is 2.44. The highest BCUT2D eigenvalue weighted by Gasteiger charge is 2.11. The Bertz CT molecular complexity index is 113. The number of ether oxygens (including phenoxy) is 1. The van der Waals surface area contributed by atoms with Crippen molar-refractivity contribution in [1.29, 1.82) is 0 Å². The highest BCUT2D eigenvalue weighted by molar-refractivity contribution is 7.81. The number of nitrogens with zero attached hydrogens (tertiary/aromatic N) is 1. The molecule has 0 bridgehead atoms. The summed E-state index contributed by atoms with van der Waals surface area (Å²) < 4.78 is 5.09. The zero-order valence-electron chi connectivity index (χ0n) is 4.79. The van der Waals surface area contributed by atoms with Gasteiger partial charge in [0.25, 0.3) is 0 Å². The molecule has 46 valence electrons. The maximum absolute atomic E-state index is 5.09. The van der Waals surface area contributed by atoms with Gasteiger partial charge in [0.2, 0.25) is 0 Å². The van der Waals surface area contributed by atoms with Crippen LogP contribution in [0.15, 0.2) is 4.99 Å². The summed E-state index contributed by atoms with van der Waals surface area (Å²) in [5.74, 6) is 1.41. The van der Waals surface area contributed by atoms with E-state index in [4.69, 9.17) is 4.74 Å². The number of thiol groups is 1. The Morgan fingerprint density at radius 3 is 3.00 bits per heavy atom. The van der Waals surface area contributed by atoms with Gasteiger partial charge in [0.05, 0.1) is 11.8 Å². The highest BCUT2D eigenvalue weighted by Crippen LogP contribution is 2.03. The number of hydrogen-bond acceptors (Lipinski definition) is 3. The summed E-state index contributed by atoms with van der Waals surface area (Å²) in [6, 6.07) is 0.345. The second-order valence-corrected chi connectivity index (χ2v) is 2.16. The van der Waals surface area contributed by atoms with Crippen molar-refractivity contribution >= 4 is 18.5 Å². The second-order valence-electron chi connectivity index (χ2n) is 1.84. The van der Waals surface area contributed by atoms with Gasteiger partial charge >= 0.3 is 0 Å². The zero-order valence-corrected chi connectivity index (χ0v) is 5.69. The maximum atomic E-state index is 5.09. The summed E-state index contributed by atoms with van der Waals surface area (Å²) in [6.45, 7) is 2.76. The van der Waals surface area contributed by atoms with E-state index in [0.717, 1.165) is 12.5 Å². The van der Waals surface area contributed by atoms with Crippen molar-refractivity contribution in [1.82, 2.24) is 0 Å². The van der Waals surface area contributed by atoms with E-state index in [1.807, 2.05) is 6.92 Å². The minimum absolute atomic E-state index is 0.345. The fraction of sp³-hybridized carbons (Fsp3) is 0.800. The summed E-state index contributed by atoms with van der Waals surface area (Å²) >= 11 is 4.00. The molecule has 0 N–H and O–H groups in total. The summed E-state index contributed by atoms with van der Waals surface area (Å²) in [5, 5.41) is 0. The lowest BCUT2D eigenvalue weighted by Gasteiger charge is -1.92. The minimum atomic E-state index is 0.345. The Morgan fingerprint density at radius 1 is 2.00 bits per heavy atom. The van der Waals surface area contributed by atoms with Crippen LogP contribution in [-0.4, -0.2) is 24.3 Å². The summed E-state index contributed by atoms with van der Waals surface area (Å²) in [7, 11) is 0. The predicted octanol–water partition coefficient (Wildman–Crippen LogP) is 0.733. The van der Waals surface area contributed by atoms with E-state index in [1.165, 1.54) is 0 Å². The lowest BCUT2D eigenvalue weighted by Crippen LogP contribution is -2.00. The molecule has 0 spiro atoms. The monoisotopic (exact) mass is 131 g/mol. The minimum Gasteiger partial charge on any atom is -0.478 e. The highest BCUT2D eigenvalue weighted by atomic mass is 32.1. The molecule has 0 aliphatic carbocycles. The Hall–Kier alpha value is -0.180. The van der Waals surface area contributed by atoms with Crippen molar-refractivity contribution in [3.05, 3.63) is 0 Å². The van der Waals surface area contributed by atoms with E-state index in [9.17, 15) is 0 Å². The van der Waals surface area contributed by atoms with Crippen LogP contribution in [0.5, 0.6) is 0 Å². The smallest absolute Gasteiger partial charge is 0.193 e. The first-order chi connectivity index (χ1) is 3.83. The van der Waals surface area contributed by atoms with Crippen LogP contribution < -0.4 is 0 Å². The van der Waals surface area contributed by atoms with Crippen molar-refractivity contribution < 1.29 is 4.74 Å². The fourth-order valence-electron chi connectivity index (χ4n) is 0.624. The second kappa shape index (κ2) is 2.40. The third-order valence-electron chi connectivity index (χ3n) is 0.991. The lowest BCUT2D eigenvalue weighted by atomic mass is 10.4. The molecule has 0 saturated carbocycles. The van der Waals surface area contributed by atoms with Gasteiger partial charge in [-0.3, -0.25) is 0 Å². The van der Waals surface area contributed by atoms with Gasteiger partial charge in [-0.15, -0.1) is 0 Å². The molecule has 1 heterocycles. The first-order valence-electron chi connectivity index (χ1n) is 2.63. The largest absolute Gasteiger partial charge is 0.478 e. The molecule has 1 aliphatic rings. The van der Waals surface area contributed by atoms with Gasteiger partial charge in [-0.05, 0) is 6.92 Å². The normalized spacial score (nSPS) is 27.2. The number of aliphatic imine (C=N–C) groups is 1. The average Bonchev–Trinajstić information content (AvgIpc) is 2.14. The molecule has 0 aromatic heterocycles. The molecular weight excluding hydrogens is 122 g/mol. The Labute approximate surface area is 54.4 Å². The van der Waals surface area contributed by atoms with Gasteiger partial charge in [-0.1, -0.05) is 0 Å². The molecule has 2 nitrogen and oxygen atoms in total. The van der Waals surface area contributed by atoms with Crippen molar-refractivity contribution in [3.63, 3.8) is 0 Å². The van der Waals surface area contributed by atoms with Crippen LogP contribution in [0, 0.1) is 0 Å². The van der Waals surface area contributed by atoms with E-state index < -0.39 is 0 Å². The van der Waals surface area contributed by atoms with E-state index in [-0.39, 0.29) is 0 Å². The van der Waals surface area contributed by atoms with Gasteiger partial charge < -0.3 is 4.74 Å². The van der Waals surface area contributed by atoms with Gasteiger partial charge in [0, 0.05) is 0 Å². The Kier molecular flexibility index (Phi) is 1.78. The first-order valence-corrected chi connectivity index (χ1v) is 3.26. The lowest BCUT2D eigenvalue weighted by molar-refractivity contribution is 0.322. The van der Waals surface area contributed by atoms with Crippen LogP contribution in [0.1, 0.15) is 6.92 Å².